The van der Waals surface area contributed by atoms with Gasteiger partial charge in [0, 0.05) is 6.42 Å². The molecule has 0 saturated carbocycles. The van der Waals surface area contributed by atoms with Crippen molar-refractivity contribution in [3.05, 3.63) is 82.6 Å². The van der Waals surface area contributed by atoms with E-state index in [1.165, 1.54) is 11.3 Å². The Balaban J connectivity index is 1.93. The number of hydrogen-bond donors (Lipinski definition) is 0. The Kier molecular flexibility index (Phi) is 3.75. The molecule has 0 fully saturated rings. The lowest BCUT2D eigenvalue weighted by molar-refractivity contribution is 0.0997. The van der Waals surface area contributed by atoms with Crippen LogP contribution in [0.3, 0.4) is 0 Å². The first-order valence-electron chi connectivity index (χ1n) is 6.54. The van der Waals surface area contributed by atoms with Gasteiger partial charge in [0.25, 0.3) is 0 Å². The fraction of sp³-hybridized carbons (Fsp3) is 0.0556. The van der Waals surface area contributed by atoms with Gasteiger partial charge in [0.1, 0.15) is 0 Å². The fourth-order valence-electron chi connectivity index (χ4n) is 2.27. The number of carbonyl (C=O) groups excluding carboxylic acids is 1. The molecule has 3 aromatic rings. The molecule has 0 N–H and O–H groups in total. The summed E-state index contributed by atoms with van der Waals surface area (Å²) in [6.45, 7) is 0. The predicted molar refractivity (Wildman–Crippen MR) is 84.2 cm³/mol. The normalized spacial score (nSPS) is 10.4. The maximum Gasteiger partial charge on any atom is 0.177 e. The van der Waals surface area contributed by atoms with E-state index in [0.29, 0.717) is 6.42 Å². The summed E-state index contributed by atoms with van der Waals surface area (Å²) in [5.41, 5.74) is 3.37. The SMILES string of the molecule is O=C(Cc1ccccc1-c1ccccc1)c1cccs1. The minimum atomic E-state index is 0.184. The van der Waals surface area contributed by atoms with Gasteiger partial charge in [-0.15, -0.1) is 11.3 Å². The van der Waals surface area contributed by atoms with Gasteiger partial charge in [-0.2, -0.15) is 0 Å². The minimum absolute atomic E-state index is 0.184. The molecule has 0 saturated heterocycles. The van der Waals surface area contributed by atoms with Gasteiger partial charge in [0.2, 0.25) is 0 Å². The Morgan fingerprint density at radius 3 is 2.35 bits per heavy atom. The summed E-state index contributed by atoms with van der Waals surface area (Å²) in [6.07, 6.45) is 0.450. The summed E-state index contributed by atoms with van der Waals surface area (Å²) < 4.78 is 0. The number of ketones is 1. The highest BCUT2D eigenvalue weighted by Gasteiger charge is 2.11. The number of carbonyl (C=O) groups is 1. The second kappa shape index (κ2) is 5.85. The molecule has 0 aliphatic carbocycles. The van der Waals surface area contributed by atoms with Crippen molar-refractivity contribution < 1.29 is 4.79 Å². The Hall–Kier alpha value is -2.19. The van der Waals surface area contributed by atoms with Crippen molar-refractivity contribution in [3.8, 4) is 11.1 Å². The lowest BCUT2D eigenvalue weighted by Gasteiger charge is -2.08. The standard InChI is InChI=1S/C18H14OS/c19-17(18-11-6-12-20-18)13-15-9-4-5-10-16(15)14-7-2-1-3-8-14/h1-12H,13H2. The summed E-state index contributed by atoms with van der Waals surface area (Å²) in [7, 11) is 0. The van der Waals surface area contributed by atoms with Gasteiger partial charge in [0.15, 0.2) is 5.78 Å². The number of thiophene rings is 1. The van der Waals surface area contributed by atoms with Crippen LogP contribution in [0.15, 0.2) is 72.1 Å². The molecule has 0 aliphatic heterocycles. The Labute approximate surface area is 122 Å². The zero-order valence-corrected chi connectivity index (χ0v) is 11.8. The molecule has 0 bridgehead atoms. The minimum Gasteiger partial charge on any atom is -0.293 e. The molecule has 0 spiro atoms. The Morgan fingerprint density at radius 1 is 0.850 bits per heavy atom. The molecule has 20 heavy (non-hydrogen) atoms. The van der Waals surface area contributed by atoms with Crippen molar-refractivity contribution in [2.24, 2.45) is 0 Å². The van der Waals surface area contributed by atoms with Crippen LogP contribution in [0.25, 0.3) is 11.1 Å². The molecule has 2 aromatic carbocycles. The Morgan fingerprint density at radius 2 is 1.60 bits per heavy atom. The van der Waals surface area contributed by atoms with E-state index in [0.717, 1.165) is 21.6 Å². The van der Waals surface area contributed by atoms with Crippen LogP contribution < -0.4 is 0 Å². The van der Waals surface area contributed by atoms with E-state index in [9.17, 15) is 4.79 Å². The van der Waals surface area contributed by atoms with Crippen LogP contribution in [-0.4, -0.2) is 5.78 Å². The zero-order valence-electron chi connectivity index (χ0n) is 11.0. The molecule has 1 heterocycles. The van der Waals surface area contributed by atoms with Crippen LogP contribution in [0.5, 0.6) is 0 Å². The lowest BCUT2D eigenvalue weighted by atomic mass is 9.96. The number of Topliss-reactive ketones (excluding diaryl/α,β-unsaturated/α-hetero) is 1. The highest BCUT2D eigenvalue weighted by molar-refractivity contribution is 7.12. The summed E-state index contributed by atoms with van der Waals surface area (Å²) in [4.78, 5) is 13.1. The van der Waals surface area contributed by atoms with E-state index in [2.05, 4.69) is 18.2 Å². The van der Waals surface area contributed by atoms with Crippen molar-refractivity contribution in [1.82, 2.24) is 0 Å². The summed E-state index contributed by atoms with van der Waals surface area (Å²) >= 11 is 1.50. The molecular weight excluding hydrogens is 264 g/mol. The molecule has 2 heteroatoms. The lowest BCUT2D eigenvalue weighted by Crippen LogP contribution is -2.02. The second-order valence-corrected chi connectivity index (χ2v) is 5.55. The average molecular weight is 278 g/mol. The summed E-state index contributed by atoms with van der Waals surface area (Å²) in [5.74, 6) is 0.184. The monoisotopic (exact) mass is 278 g/mol. The average Bonchev–Trinajstić information content (AvgIpc) is 3.03. The van der Waals surface area contributed by atoms with Gasteiger partial charge < -0.3 is 0 Å². The third kappa shape index (κ3) is 2.70. The topological polar surface area (TPSA) is 17.1 Å². The smallest absolute Gasteiger partial charge is 0.177 e. The molecule has 98 valence electrons. The van der Waals surface area contributed by atoms with Crippen LogP contribution in [0.1, 0.15) is 15.2 Å². The molecule has 0 atom stereocenters. The summed E-state index contributed by atoms with van der Waals surface area (Å²) in [5, 5.41) is 1.94. The molecule has 1 nitrogen and oxygen atoms in total. The third-order valence-electron chi connectivity index (χ3n) is 3.25. The summed E-state index contributed by atoms with van der Waals surface area (Å²) in [6, 6.07) is 22.1. The quantitative estimate of drug-likeness (QED) is 0.624. The highest BCUT2D eigenvalue weighted by Crippen LogP contribution is 2.25. The molecular formula is C18H14OS. The number of hydrogen-bond acceptors (Lipinski definition) is 2. The van der Waals surface area contributed by atoms with Crippen molar-refractivity contribution >= 4 is 17.1 Å². The van der Waals surface area contributed by atoms with Crippen LogP contribution in [0, 0.1) is 0 Å². The van der Waals surface area contributed by atoms with Crippen LogP contribution >= 0.6 is 11.3 Å². The van der Waals surface area contributed by atoms with Crippen LogP contribution in [0.4, 0.5) is 0 Å². The molecule has 0 amide bonds. The highest BCUT2D eigenvalue weighted by atomic mass is 32.1. The first-order chi connectivity index (χ1) is 9.84. The van der Waals surface area contributed by atoms with Crippen molar-refractivity contribution in [2.45, 2.75) is 6.42 Å². The molecule has 0 radical (unpaired) electrons. The van der Waals surface area contributed by atoms with Crippen molar-refractivity contribution in [2.75, 3.05) is 0 Å². The van der Waals surface area contributed by atoms with Gasteiger partial charge in [-0.05, 0) is 28.1 Å². The van der Waals surface area contributed by atoms with E-state index in [1.807, 2.05) is 53.9 Å². The third-order valence-corrected chi connectivity index (χ3v) is 4.16. The van der Waals surface area contributed by atoms with Gasteiger partial charge >= 0.3 is 0 Å². The van der Waals surface area contributed by atoms with Gasteiger partial charge in [-0.3, -0.25) is 4.79 Å². The largest absolute Gasteiger partial charge is 0.293 e. The van der Waals surface area contributed by atoms with E-state index in [4.69, 9.17) is 0 Å². The van der Waals surface area contributed by atoms with Crippen LogP contribution in [0.2, 0.25) is 0 Å². The maximum absolute atomic E-state index is 12.3. The predicted octanol–water partition coefficient (Wildman–Crippen LogP) is 4.84. The Bertz CT molecular complexity index is 699. The number of rotatable bonds is 4. The molecule has 0 aliphatic rings. The van der Waals surface area contributed by atoms with Gasteiger partial charge in [-0.25, -0.2) is 0 Å². The number of benzene rings is 2. The van der Waals surface area contributed by atoms with E-state index in [-0.39, 0.29) is 5.78 Å². The van der Waals surface area contributed by atoms with Crippen molar-refractivity contribution in [3.63, 3.8) is 0 Å². The van der Waals surface area contributed by atoms with Gasteiger partial charge in [0.05, 0.1) is 4.88 Å². The first-order valence-corrected chi connectivity index (χ1v) is 7.42. The van der Waals surface area contributed by atoms with Crippen molar-refractivity contribution in [1.29, 1.82) is 0 Å². The van der Waals surface area contributed by atoms with Gasteiger partial charge in [-0.1, -0.05) is 60.7 Å². The molecule has 1 aromatic heterocycles. The van der Waals surface area contributed by atoms with E-state index in [1.54, 1.807) is 0 Å². The van der Waals surface area contributed by atoms with Crippen LogP contribution in [-0.2, 0) is 6.42 Å². The van der Waals surface area contributed by atoms with E-state index < -0.39 is 0 Å². The zero-order chi connectivity index (χ0) is 13.8. The fourth-order valence-corrected chi connectivity index (χ4v) is 2.94. The first kappa shape index (κ1) is 12.8. The second-order valence-electron chi connectivity index (χ2n) is 4.60. The molecule has 0 unspecified atom stereocenters. The maximum atomic E-state index is 12.3. The molecule has 3 rings (SSSR count). The van der Waals surface area contributed by atoms with E-state index >= 15 is 0 Å².